The van der Waals surface area contributed by atoms with Gasteiger partial charge in [-0.1, -0.05) is 0 Å². The number of rotatable bonds is 4. The number of benzene rings is 1. The largest absolute Gasteiger partial charge is 1.00 e. The monoisotopic (exact) mass is 399 g/mol. The smallest absolute Gasteiger partial charge is 0.535 e. The number of hydrogen-bond acceptors (Lipinski definition) is 5. The Kier molecular flexibility index (Phi) is 8.56. The zero-order valence-electron chi connectivity index (χ0n) is 16.9. The maximum absolute atomic E-state index is 14.1. The van der Waals surface area contributed by atoms with Crippen LogP contribution in [0.25, 0.3) is 22.3 Å². The summed E-state index contributed by atoms with van der Waals surface area (Å²) in [7, 11) is 5.48. The third-order valence-corrected chi connectivity index (χ3v) is 4.14. The average molecular weight is 399 g/mol. The number of nitrogens with two attached hydrogens (primary N) is 1. The van der Waals surface area contributed by atoms with Crippen LogP contribution in [0.15, 0.2) is 41.4 Å². The Morgan fingerprint density at radius 3 is 2.48 bits per heavy atom. The van der Waals surface area contributed by atoms with Crippen LogP contribution in [0.3, 0.4) is 0 Å². The minimum atomic E-state index is -0.495. The topological polar surface area (TPSA) is 67.4 Å². The molecule has 1 aromatic carbocycles. The summed E-state index contributed by atoms with van der Waals surface area (Å²) in [5.41, 5.74) is 9.05. The minimum absolute atomic E-state index is 0. The van der Waals surface area contributed by atoms with Crippen LogP contribution < -0.4 is 40.2 Å². The number of aliphatic imine (C=N–C) groups is 1. The molecule has 1 aliphatic rings. The van der Waals surface area contributed by atoms with Gasteiger partial charge in [0.15, 0.2) is 0 Å². The van der Waals surface area contributed by atoms with Crippen LogP contribution in [0.2, 0.25) is 0 Å². The van der Waals surface area contributed by atoms with Crippen LogP contribution in [-0.2, 0) is 0 Å². The SMILES string of the molecule is [CH-]1CC1.[CH2-]CN([CH2-])c1ccc2nc(-c3cc(F)c(N)c(C=NC)c3)ccc2n1.[Na+]. The van der Waals surface area contributed by atoms with Crippen molar-refractivity contribution in [3.05, 3.63) is 68.2 Å². The van der Waals surface area contributed by atoms with E-state index in [1.165, 1.54) is 25.1 Å². The number of anilines is 2. The first-order chi connectivity index (χ1) is 13.5. The molecule has 0 amide bonds. The van der Waals surface area contributed by atoms with Crippen LogP contribution in [-0.4, -0.2) is 29.8 Å². The Morgan fingerprint density at radius 2 is 1.86 bits per heavy atom. The van der Waals surface area contributed by atoms with Gasteiger partial charge >= 0.3 is 29.6 Å². The molecule has 4 rings (SSSR count). The number of hydrogen-bond donors (Lipinski definition) is 1. The zero-order valence-corrected chi connectivity index (χ0v) is 18.9. The predicted molar refractivity (Wildman–Crippen MR) is 114 cm³/mol. The molecule has 2 heterocycles. The van der Waals surface area contributed by atoms with E-state index in [1.54, 1.807) is 24.1 Å². The summed E-state index contributed by atoms with van der Waals surface area (Å²) in [4.78, 5) is 14.7. The maximum atomic E-state index is 14.1. The average Bonchev–Trinajstić information content (AvgIpc) is 3.59. The Morgan fingerprint density at radius 1 is 1.21 bits per heavy atom. The van der Waals surface area contributed by atoms with Gasteiger partial charge < -0.3 is 24.0 Å². The van der Waals surface area contributed by atoms with Gasteiger partial charge in [0.1, 0.15) is 5.82 Å². The van der Waals surface area contributed by atoms with Crippen molar-refractivity contribution < 1.29 is 33.9 Å². The molecule has 146 valence electrons. The molecule has 2 N–H and O–H groups in total. The van der Waals surface area contributed by atoms with E-state index in [1.807, 2.05) is 18.2 Å². The summed E-state index contributed by atoms with van der Waals surface area (Å²) < 4.78 is 14.1. The van der Waals surface area contributed by atoms with Gasteiger partial charge in [0, 0.05) is 24.4 Å². The fourth-order valence-corrected chi connectivity index (χ4v) is 2.48. The standard InChI is InChI=1S/C19H18FN5.C3H5.Na/c1-4-25(3)18-8-7-16-17(24-18)6-5-15(23-16)12-9-13(11-22-2)19(21)14(20)10-12;1-2-3-1;/h5-11H,1,3-4,21H2,2H3;1H,2-3H2;/q-2;-1;+1. The Bertz CT molecular complexity index is 1000. The van der Waals surface area contributed by atoms with Crippen molar-refractivity contribution in [1.29, 1.82) is 0 Å². The molecule has 0 atom stereocenters. The Hall–Kier alpha value is -2.02. The van der Waals surface area contributed by atoms with Gasteiger partial charge in [-0.3, -0.25) is 12.0 Å². The van der Waals surface area contributed by atoms with Gasteiger partial charge in [-0.2, -0.15) is 0 Å². The molecular formula is C22H23FN5Na-2. The Balaban J connectivity index is 0.000000687. The third-order valence-electron chi connectivity index (χ3n) is 4.14. The first-order valence-electron chi connectivity index (χ1n) is 9.01. The Labute approximate surface area is 193 Å². The van der Waals surface area contributed by atoms with Gasteiger partial charge in [-0.05, 0) is 36.4 Å². The van der Waals surface area contributed by atoms with E-state index in [9.17, 15) is 4.39 Å². The molecule has 0 bridgehead atoms. The van der Waals surface area contributed by atoms with Gasteiger partial charge in [0.2, 0.25) is 0 Å². The summed E-state index contributed by atoms with van der Waals surface area (Å²) >= 11 is 0. The summed E-state index contributed by atoms with van der Waals surface area (Å²) in [6.07, 6.45) is 6.53. The summed E-state index contributed by atoms with van der Waals surface area (Å²) in [5, 5.41) is 0. The molecule has 0 saturated heterocycles. The number of halogens is 1. The summed E-state index contributed by atoms with van der Waals surface area (Å²) in [6, 6.07) is 10.5. The second-order valence-corrected chi connectivity index (χ2v) is 6.38. The van der Waals surface area contributed by atoms with E-state index in [0.717, 1.165) is 11.3 Å². The van der Waals surface area contributed by atoms with Crippen LogP contribution in [0.4, 0.5) is 15.9 Å². The fourth-order valence-electron chi connectivity index (χ4n) is 2.48. The van der Waals surface area contributed by atoms with E-state index in [2.05, 4.69) is 35.4 Å². The van der Waals surface area contributed by atoms with E-state index in [0.29, 0.717) is 28.9 Å². The van der Waals surface area contributed by atoms with Crippen LogP contribution in [0.5, 0.6) is 0 Å². The summed E-state index contributed by atoms with van der Waals surface area (Å²) in [5.74, 6) is 0.225. The molecule has 3 aromatic rings. The van der Waals surface area contributed by atoms with Gasteiger partial charge in [-0.25, -0.2) is 27.2 Å². The molecule has 5 nitrogen and oxygen atoms in total. The zero-order chi connectivity index (χ0) is 20.1. The first-order valence-corrected chi connectivity index (χ1v) is 9.01. The van der Waals surface area contributed by atoms with E-state index < -0.39 is 5.82 Å². The van der Waals surface area contributed by atoms with Crippen molar-refractivity contribution in [3.8, 4) is 11.3 Å². The van der Waals surface area contributed by atoms with Gasteiger partial charge in [0.05, 0.1) is 28.2 Å². The molecule has 0 radical (unpaired) electrons. The molecule has 2 aromatic heterocycles. The number of fused-ring (bicyclic) bond motifs is 1. The van der Waals surface area contributed by atoms with Crippen molar-refractivity contribution in [2.75, 3.05) is 24.2 Å². The van der Waals surface area contributed by atoms with Crippen molar-refractivity contribution >= 4 is 28.8 Å². The normalized spacial score (nSPS) is 12.3. The maximum Gasteiger partial charge on any atom is 1.00 e. The van der Waals surface area contributed by atoms with Crippen molar-refractivity contribution in [1.82, 2.24) is 9.97 Å². The van der Waals surface area contributed by atoms with Crippen molar-refractivity contribution in [2.24, 2.45) is 4.99 Å². The van der Waals surface area contributed by atoms with Crippen LogP contribution >= 0.6 is 0 Å². The molecule has 0 unspecified atom stereocenters. The summed E-state index contributed by atoms with van der Waals surface area (Å²) in [6.45, 7) is 4.30. The molecule has 0 spiro atoms. The molecular weight excluding hydrogens is 376 g/mol. The van der Waals surface area contributed by atoms with E-state index >= 15 is 0 Å². The molecule has 1 fully saturated rings. The third kappa shape index (κ3) is 5.98. The minimum Gasteiger partial charge on any atom is -0.535 e. The van der Waals surface area contributed by atoms with E-state index in [-0.39, 0.29) is 35.2 Å². The molecule has 0 aliphatic heterocycles. The van der Waals surface area contributed by atoms with Crippen LogP contribution in [0.1, 0.15) is 18.4 Å². The number of nitrogens with zero attached hydrogens (tertiary/aromatic N) is 4. The predicted octanol–water partition coefficient (Wildman–Crippen LogP) is 1.49. The van der Waals surface area contributed by atoms with Crippen molar-refractivity contribution in [2.45, 2.75) is 12.8 Å². The quantitative estimate of drug-likeness (QED) is 0.312. The number of aromatic nitrogens is 2. The molecule has 1 aliphatic carbocycles. The second-order valence-electron chi connectivity index (χ2n) is 6.38. The van der Waals surface area contributed by atoms with Crippen LogP contribution in [0, 0.1) is 26.2 Å². The molecule has 1 saturated carbocycles. The first kappa shape index (κ1) is 23.3. The van der Waals surface area contributed by atoms with Gasteiger partial charge in [0.25, 0.3) is 0 Å². The molecule has 29 heavy (non-hydrogen) atoms. The van der Waals surface area contributed by atoms with Gasteiger partial charge in [-0.15, -0.1) is 6.54 Å². The number of nitrogen functional groups attached to an aromatic ring is 1. The van der Waals surface area contributed by atoms with E-state index in [4.69, 9.17) is 5.73 Å². The second kappa shape index (κ2) is 10.7. The number of pyridine rings is 2. The molecule has 7 heteroatoms. The van der Waals surface area contributed by atoms with Crippen molar-refractivity contribution in [3.63, 3.8) is 0 Å². The fraction of sp³-hybridized carbons (Fsp3) is 0.182.